The van der Waals surface area contributed by atoms with Gasteiger partial charge in [0.15, 0.2) is 0 Å². The highest BCUT2D eigenvalue weighted by Crippen LogP contribution is 2.38. The second-order valence-electron chi connectivity index (χ2n) is 6.66. The summed E-state index contributed by atoms with van der Waals surface area (Å²) < 4.78 is 1.18. The molecule has 0 atom stereocenters. The van der Waals surface area contributed by atoms with Gasteiger partial charge in [-0.1, -0.05) is 26.0 Å². The third-order valence-corrected chi connectivity index (χ3v) is 5.49. The molecular weight excluding hydrogens is 266 g/mol. The van der Waals surface area contributed by atoms with E-state index in [-0.39, 0.29) is 5.92 Å². The standard InChI is InChI=1S/C17H21NOS/c1-17(2)9-7-12(8-10-17)14(19)11-16-18-13-5-3-4-6-15(13)20-16/h3-6,12H,7-11H2,1-2H3. The van der Waals surface area contributed by atoms with E-state index in [1.807, 2.05) is 18.2 Å². The predicted molar refractivity (Wildman–Crippen MR) is 84.1 cm³/mol. The zero-order valence-electron chi connectivity index (χ0n) is 12.2. The number of fused-ring (bicyclic) bond motifs is 1. The van der Waals surface area contributed by atoms with Crippen LogP contribution in [0.25, 0.3) is 10.2 Å². The van der Waals surface area contributed by atoms with Crippen LogP contribution in [0.4, 0.5) is 0 Å². The summed E-state index contributed by atoms with van der Waals surface area (Å²) in [6.45, 7) is 4.61. The molecule has 0 bridgehead atoms. The van der Waals surface area contributed by atoms with Crippen molar-refractivity contribution in [3.8, 4) is 0 Å². The third kappa shape index (κ3) is 2.93. The largest absolute Gasteiger partial charge is 0.299 e. The molecule has 0 saturated heterocycles. The molecule has 0 radical (unpaired) electrons. The van der Waals surface area contributed by atoms with Crippen LogP contribution < -0.4 is 0 Å². The summed E-state index contributed by atoms with van der Waals surface area (Å²) in [6, 6.07) is 8.11. The van der Waals surface area contributed by atoms with Crippen LogP contribution in [0.2, 0.25) is 0 Å². The Labute approximate surface area is 124 Å². The van der Waals surface area contributed by atoms with E-state index in [0.717, 1.165) is 23.4 Å². The van der Waals surface area contributed by atoms with Crippen LogP contribution in [0.3, 0.4) is 0 Å². The molecule has 1 aliphatic rings. The van der Waals surface area contributed by atoms with E-state index in [2.05, 4.69) is 24.9 Å². The first-order valence-corrected chi connectivity index (χ1v) is 8.22. The molecule has 3 heteroatoms. The van der Waals surface area contributed by atoms with Crippen molar-refractivity contribution in [3.05, 3.63) is 29.3 Å². The van der Waals surface area contributed by atoms with Gasteiger partial charge in [0, 0.05) is 5.92 Å². The summed E-state index contributed by atoms with van der Waals surface area (Å²) in [5.74, 6) is 0.648. The monoisotopic (exact) mass is 287 g/mol. The quantitative estimate of drug-likeness (QED) is 0.824. The molecule has 1 fully saturated rings. The average Bonchev–Trinajstić information content (AvgIpc) is 2.80. The molecule has 2 nitrogen and oxygen atoms in total. The van der Waals surface area contributed by atoms with Gasteiger partial charge in [0.1, 0.15) is 10.8 Å². The van der Waals surface area contributed by atoms with Crippen LogP contribution in [0, 0.1) is 11.3 Å². The minimum Gasteiger partial charge on any atom is -0.299 e. The second kappa shape index (κ2) is 5.28. The molecule has 20 heavy (non-hydrogen) atoms. The van der Waals surface area contributed by atoms with Crippen molar-refractivity contribution in [1.82, 2.24) is 4.98 Å². The van der Waals surface area contributed by atoms with Gasteiger partial charge in [-0.05, 0) is 43.2 Å². The van der Waals surface area contributed by atoms with E-state index in [9.17, 15) is 4.79 Å². The van der Waals surface area contributed by atoms with Crippen molar-refractivity contribution in [1.29, 1.82) is 0 Å². The zero-order chi connectivity index (χ0) is 14.2. The van der Waals surface area contributed by atoms with Gasteiger partial charge in [0.2, 0.25) is 0 Å². The minimum absolute atomic E-state index is 0.259. The van der Waals surface area contributed by atoms with Gasteiger partial charge < -0.3 is 0 Å². The van der Waals surface area contributed by atoms with Gasteiger partial charge in [0.05, 0.1) is 16.6 Å². The highest BCUT2D eigenvalue weighted by molar-refractivity contribution is 7.18. The number of Topliss-reactive ketones (excluding diaryl/α,β-unsaturated/α-hetero) is 1. The molecule has 0 spiro atoms. The molecule has 1 aromatic carbocycles. The van der Waals surface area contributed by atoms with Crippen LogP contribution in [-0.4, -0.2) is 10.8 Å². The Morgan fingerprint density at radius 3 is 2.70 bits per heavy atom. The Bertz CT molecular complexity index is 586. The number of benzene rings is 1. The van der Waals surface area contributed by atoms with Gasteiger partial charge >= 0.3 is 0 Å². The Kier molecular flexibility index (Phi) is 3.63. The third-order valence-electron chi connectivity index (χ3n) is 4.46. The number of nitrogens with zero attached hydrogens (tertiary/aromatic N) is 1. The molecule has 0 N–H and O–H groups in total. The lowest BCUT2D eigenvalue weighted by Gasteiger charge is -2.33. The van der Waals surface area contributed by atoms with E-state index >= 15 is 0 Å². The Hall–Kier alpha value is -1.22. The Balaban J connectivity index is 1.67. The first-order valence-electron chi connectivity index (χ1n) is 7.41. The molecule has 0 aliphatic heterocycles. The minimum atomic E-state index is 0.259. The highest BCUT2D eigenvalue weighted by atomic mass is 32.1. The van der Waals surface area contributed by atoms with Crippen molar-refractivity contribution < 1.29 is 4.79 Å². The summed E-state index contributed by atoms with van der Waals surface area (Å²) >= 11 is 1.66. The molecule has 1 aromatic heterocycles. The Morgan fingerprint density at radius 1 is 1.30 bits per heavy atom. The van der Waals surface area contributed by atoms with Gasteiger partial charge in [0.25, 0.3) is 0 Å². The van der Waals surface area contributed by atoms with Crippen LogP contribution in [0.1, 0.15) is 44.5 Å². The summed E-state index contributed by atoms with van der Waals surface area (Å²) in [6.07, 6.45) is 4.96. The van der Waals surface area contributed by atoms with E-state index < -0.39 is 0 Å². The molecule has 2 aromatic rings. The molecule has 0 unspecified atom stereocenters. The number of ketones is 1. The van der Waals surface area contributed by atoms with Crippen LogP contribution in [0.5, 0.6) is 0 Å². The maximum atomic E-state index is 12.4. The summed E-state index contributed by atoms with van der Waals surface area (Å²) in [7, 11) is 0. The topological polar surface area (TPSA) is 30.0 Å². The van der Waals surface area contributed by atoms with Crippen molar-refractivity contribution in [2.24, 2.45) is 11.3 Å². The maximum Gasteiger partial charge on any atom is 0.142 e. The highest BCUT2D eigenvalue weighted by Gasteiger charge is 2.30. The van der Waals surface area contributed by atoms with E-state index in [1.165, 1.54) is 17.5 Å². The predicted octanol–water partition coefficient (Wildman–Crippen LogP) is 4.62. The zero-order valence-corrected chi connectivity index (χ0v) is 13.0. The normalized spacial score (nSPS) is 19.3. The molecular formula is C17H21NOS. The number of carbonyl (C=O) groups is 1. The second-order valence-corrected chi connectivity index (χ2v) is 7.77. The van der Waals surface area contributed by atoms with Gasteiger partial charge in [-0.3, -0.25) is 4.79 Å². The molecule has 1 saturated carbocycles. The fraction of sp³-hybridized carbons (Fsp3) is 0.529. The summed E-state index contributed by atoms with van der Waals surface area (Å²) in [5.41, 5.74) is 1.44. The maximum absolute atomic E-state index is 12.4. The number of thiazole rings is 1. The molecule has 1 aliphatic carbocycles. The summed E-state index contributed by atoms with van der Waals surface area (Å²) in [4.78, 5) is 17.0. The van der Waals surface area contributed by atoms with Crippen molar-refractivity contribution >= 4 is 27.3 Å². The van der Waals surface area contributed by atoms with Gasteiger partial charge in [-0.25, -0.2) is 4.98 Å². The van der Waals surface area contributed by atoms with E-state index in [4.69, 9.17) is 0 Å². The number of hydrogen-bond acceptors (Lipinski definition) is 3. The van der Waals surface area contributed by atoms with Crippen molar-refractivity contribution in [3.63, 3.8) is 0 Å². The van der Waals surface area contributed by atoms with E-state index in [1.54, 1.807) is 11.3 Å². The number of carbonyl (C=O) groups excluding carboxylic acids is 1. The van der Waals surface area contributed by atoms with Crippen LogP contribution >= 0.6 is 11.3 Å². The Morgan fingerprint density at radius 2 is 2.00 bits per heavy atom. The van der Waals surface area contributed by atoms with Crippen LogP contribution in [-0.2, 0) is 11.2 Å². The van der Waals surface area contributed by atoms with Gasteiger partial charge in [-0.15, -0.1) is 11.3 Å². The smallest absolute Gasteiger partial charge is 0.142 e. The SMILES string of the molecule is CC1(C)CCC(C(=O)Cc2nc3ccccc3s2)CC1. The molecule has 0 amide bonds. The fourth-order valence-electron chi connectivity index (χ4n) is 3.01. The molecule has 1 heterocycles. The van der Waals surface area contributed by atoms with Crippen LogP contribution in [0.15, 0.2) is 24.3 Å². The van der Waals surface area contributed by atoms with Crippen molar-refractivity contribution in [2.45, 2.75) is 46.0 Å². The number of hydrogen-bond donors (Lipinski definition) is 0. The fourth-order valence-corrected chi connectivity index (χ4v) is 3.99. The lowest BCUT2D eigenvalue weighted by atomic mass is 9.72. The number of rotatable bonds is 3. The van der Waals surface area contributed by atoms with E-state index in [0.29, 0.717) is 17.6 Å². The molecule has 3 rings (SSSR count). The summed E-state index contributed by atoms with van der Waals surface area (Å²) in [5, 5.41) is 0.973. The lowest BCUT2D eigenvalue weighted by Crippen LogP contribution is -2.27. The van der Waals surface area contributed by atoms with Crippen molar-refractivity contribution in [2.75, 3.05) is 0 Å². The van der Waals surface area contributed by atoms with Gasteiger partial charge in [-0.2, -0.15) is 0 Å². The molecule has 106 valence electrons. The number of para-hydroxylation sites is 1. The lowest BCUT2D eigenvalue weighted by molar-refractivity contribution is -0.123. The number of aromatic nitrogens is 1. The average molecular weight is 287 g/mol. The first kappa shape index (κ1) is 13.7. The first-order chi connectivity index (χ1) is 9.53.